The second kappa shape index (κ2) is 8.06. The number of carbonyl (C=O) groups excluding carboxylic acids is 1. The lowest BCUT2D eigenvalue weighted by Crippen LogP contribution is -2.44. The topological polar surface area (TPSA) is 76.5 Å². The highest BCUT2D eigenvalue weighted by atomic mass is 32.1. The molecule has 1 saturated heterocycles. The molecule has 1 amide bonds. The van der Waals surface area contributed by atoms with Crippen LogP contribution in [0.3, 0.4) is 0 Å². The Morgan fingerprint density at radius 1 is 1.28 bits per heavy atom. The highest BCUT2D eigenvalue weighted by molar-refractivity contribution is 7.14. The molecule has 0 aliphatic carbocycles. The van der Waals surface area contributed by atoms with E-state index < -0.39 is 0 Å². The third-order valence-electron chi connectivity index (χ3n) is 5.05. The van der Waals surface area contributed by atoms with E-state index in [0.29, 0.717) is 10.7 Å². The number of amides is 1. The molecule has 29 heavy (non-hydrogen) atoms. The van der Waals surface area contributed by atoms with Crippen LogP contribution in [0.15, 0.2) is 40.5 Å². The van der Waals surface area contributed by atoms with Crippen molar-refractivity contribution >= 4 is 33.3 Å². The standard InChI is InChI=1S/C21H24N4O3S/c1-13-9-25(10-14(2)28-13)11-15-12-29-21(22-15)23-20(27)17-8-19(26)24(3)18-7-5-4-6-16(17)18/h4-8,12-14H,9-11H2,1-3H3,(H,22,23,27). The van der Waals surface area contributed by atoms with Crippen molar-refractivity contribution in [2.45, 2.75) is 32.6 Å². The van der Waals surface area contributed by atoms with Gasteiger partial charge in [-0.15, -0.1) is 11.3 Å². The highest BCUT2D eigenvalue weighted by Gasteiger charge is 2.23. The van der Waals surface area contributed by atoms with Gasteiger partial charge in [-0.1, -0.05) is 18.2 Å². The van der Waals surface area contributed by atoms with E-state index in [9.17, 15) is 9.59 Å². The Labute approximate surface area is 172 Å². The monoisotopic (exact) mass is 412 g/mol. The lowest BCUT2D eigenvalue weighted by atomic mass is 10.1. The number of fused-ring (bicyclic) bond motifs is 1. The zero-order valence-corrected chi connectivity index (χ0v) is 17.5. The van der Waals surface area contributed by atoms with Crippen LogP contribution in [0.2, 0.25) is 0 Å². The molecule has 2 aromatic heterocycles. The van der Waals surface area contributed by atoms with Gasteiger partial charge in [0, 0.05) is 43.5 Å². The number of anilines is 1. The second-order valence-corrected chi connectivity index (χ2v) is 8.38. The maximum Gasteiger partial charge on any atom is 0.258 e. The van der Waals surface area contributed by atoms with E-state index in [2.05, 4.69) is 29.0 Å². The van der Waals surface area contributed by atoms with E-state index in [1.54, 1.807) is 7.05 Å². The Morgan fingerprint density at radius 3 is 2.76 bits per heavy atom. The summed E-state index contributed by atoms with van der Waals surface area (Å²) in [6.45, 7) is 6.60. The molecule has 1 fully saturated rings. The molecule has 8 heteroatoms. The van der Waals surface area contributed by atoms with Crippen LogP contribution in [0, 0.1) is 0 Å². The predicted octanol–water partition coefficient (Wildman–Crippen LogP) is 2.86. The molecule has 1 aliphatic heterocycles. The maximum absolute atomic E-state index is 12.9. The summed E-state index contributed by atoms with van der Waals surface area (Å²) in [7, 11) is 1.70. The molecular weight excluding hydrogens is 388 g/mol. The number of thiazole rings is 1. The number of hydrogen-bond acceptors (Lipinski definition) is 6. The number of ether oxygens (including phenoxy) is 1. The first-order valence-corrected chi connectivity index (χ1v) is 10.5. The molecule has 2 atom stereocenters. The third-order valence-corrected chi connectivity index (χ3v) is 5.86. The van der Waals surface area contributed by atoms with Crippen molar-refractivity contribution in [1.29, 1.82) is 0 Å². The number of carbonyl (C=O) groups is 1. The van der Waals surface area contributed by atoms with Crippen molar-refractivity contribution in [3.63, 3.8) is 0 Å². The van der Waals surface area contributed by atoms with E-state index in [1.165, 1.54) is 22.0 Å². The Hall–Kier alpha value is -2.55. The summed E-state index contributed by atoms with van der Waals surface area (Å²) in [4.78, 5) is 32.0. The van der Waals surface area contributed by atoms with Crippen molar-refractivity contribution in [3.05, 3.63) is 57.3 Å². The minimum absolute atomic E-state index is 0.200. The molecule has 2 unspecified atom stereocenters. The number of hydrogen-bond donors (Lipinski definition) is 1. The summed E-state index contributed by atoms with van der Waals surface area (Å²) in [6.07, 6.45) is 0.399. The number of morpholine rings is 1. The fraction of sp³-hybridized carbons (Fsp3) is 0.381. The molecule has 1 N–H and O–H groups in total. The van der Waals surface area contributed by atoms with E-state index in [4.69, 9.17) is 4.74 Å². The molecule has 152 valence electrons. The van der Waals surface area contributed by atoms with Crippen molar-refractivity contribution in [2.75, 3.05) is 18.4 Å². The van der Waals surface area contributed by atoms with Gasteiger partial charge in [-0.05, 0) is 19.9 Å². The summed E-state index contributed by atoms with van der Waals surface area (Å²) in [5.74, 6) is -0.326. The number of benzene rings is 1. The minimum Gasteiger partial charge on any atom is -0.373 e. The van der Waals surface area contributed by atoms with Gasteiger partial charge in [-0.25, -0.2) is 4.98 Å². The molecule has 1 aliphatic rings. The van der Waals surface area contributed by atoms with Crippen molar-refractivity contribution < 1.29 is 9.53 Å². The van der Waals surface area contributed by atoms with Gasteiger partial charge in [0.1, 0.15) is 0 Å². The highest BCUT2D eigenvalue weighted by Crippen LogP contribution is 2.22. The molecule has 0 spiro atoms. The van der Waals surface area contributed by atoms with Crippen molar-refractivity contribution in [2.24, 2.45) is 7.05 Å². The number of para-hydroxylation sites is 1. The minimum atomic E-state index is -0.326. The molecule has 0 radical (unpaired) electrons. The van der Waals surface area contributed by atoms with Gasteiger partial charge in [0.25, 0.3) is 11.5 Å². The molecule has 0 saturated carbocycles. The molecule has 7 nitrogen and oxygen atoms in total. The van der Waals surface area contributed by atoms with E-state index in [1.807, 2.05) is 29.6 Å². The van der Waals surface area contributed by atoms with Crippen LogP contribution in [-0.2, 0) is 18.3 Å². The summed E-state index contributed by atoms with van der Waals surface area (Å²) >= 11 is 1.39. The van der Waals surface area contributed by atoms with Gasteiger partial charge >= 0.3 is 0 Å². The molecule has 1 aromatic carbocycles. The van der Waals surface area contributed by atoms with E-state index in [-0.39, 0.29) is 23.7 Å². The van der Waals surface area contributed by atoms with Gasteiger partial charge < -0.3 is 9.30 Å². The second-order valence-electron chi connectivity index (χ2n) is 7.52. The maximum atomic E-state index is 12.9. The molecule has 3 heterocycles. The van der Waals surface area contributed by atoms with Crippen LogP contribution in [0.5, 0.6) is 0 Å². The Morgan fingerprint density at radius 2 is 2.00 bits per heavy atom. The van der Waals surface area contributed by atoms with Gasteiger partial charge in [0.15, 0.2) is 5.13 Å². The van der Waals surface area contributed by atoms with E-state index >= 15 is 0 Å². The van der Waals surface area contributed by atoms with Crippen LogP contribution in [0.4, 0.5) is 5.13 Å². The summed E-state index contributed by atoms with van der Waals surface area (Å²) in [6, 6.07) is 8.76. The fourth-order valence-corrected chi connectivity index (χ4v) is 4.54. The average Bonchev–Trinajstić information content (AvgIpc) is 3.10. The largest absolute Gasteiger partial charge is 0.373 e. The number of aromatic nitrogens is 2. The van der Waals surface area contributed by atoms with Crippen LogP contribution < -0.4 is 10.9 Å². The molecule has 3 aromatic rings. The lowest BCUT2D eigenvalue weighted by molar-refractivity contribution is -0.0707. The fourth-order valence-electron chi connectivity index (χ4n) is 3.84. The Kier molecular flexibility index (Phi) is 5.49. The number of aryl methyl sites for hydroxylation is 1. The number of pyridine rings is 1. The van der Waals surface area contributed by atoms with Gasteiger partial charge in [-0.3, -0.25) is 19.8 Å². The number of rotatable bonds is 4. The lowest BCUT2D eigenvalue weighted by Gasteiger charge is -2.34. The first-order chi connectivity index (χ1) is 13.9. The first-order valence-electron chi connectivity index (χ1n) is 9.63. The van der Waals surface area contributed by atoms with Crippen LogP contribution in [-0.4, -0.2) is 45.7 Å². The van der Waals surface area contributed by atoms with Gasteiger partial charge in [0.05, 0.1) is 29.0 Å². The average molecular weight is 413 g/mol. The van der Waals surface area contributed by atoms with Gasteiger partial charge in [-0.2, -0.15) is 0 Å². The summed E-state index contributed by atoms with van der Waals surface area (Å²) in [5, 5.41) is 6.08. The van der Waals surface area contributed by atoms with Gasteiger partial charge in [0.2, 0.25) is 0 Å². The smallest absolute Gasteiger partial charge is 0.258 e. The summed E-state index contributed by atoms with van der Waals surface area (Å²) in [5.41, 5.74) is 1.78. The molecule has 0 bridgehead atoms. The third kappa shape index (κ3) is 4.24. The number of nitrogens with zero attached hydrogens (tertiary/aromatic N) is 3. The quantitative estimate of drug-likeness (QED) is 0.713. The molecular formula is C21H24N4O3S. The van der Waals surface area contributed by atoms with Crippen LogP contribution >= 0.6 is 11.3 Å². The van der Waals surface area contributed by atoms with Crippen molar-refractivity contribution in [1.82, 2.24) is 14.5 Å². The van der Waals surface area contributed by atoms with Crippen LogP contribution in [0.1, 0.15) is 29.9 Å². The SMILES string of the molecule is CC1CN(Cc2csc(NC(=O)c3cc(=O)n(C)c4ccccc34)n2)CC(C)O1. The Balaban J connectivity index is 1.51. The summed E-state index contributed by atoms with van der Waals surface area (Å²) < 4.78 is 7.31. The number of nitrogens with one attached hydrogen (secondary N) is 1. The van der Waals surface area contributed by atoms with Crippen LogP contribution in [0.25, 0.3) is 10.9 Å². The molecule has 4 rings (SSSR count). The Bertz CT molecular complexity index is 1100. The predicted molar refractivity (Wildman–Crippen MR) is 115 cm³/mol. The van der Waals surface area contributed by atoms with Crippen molar-refractivity contribution in [3.8, 4) is 0 Å². The zero-order valence-electron chi connectivity index (χ0n) is 16.7. The van der Waals surface area contributed by atoms with E-state index in [0.717, 1.165) is 36.2 Å². The zero-order chi connectivity index (χ0) is 20.5. The normalized spacial score (nSPS) is 20.1. The first kappa shape index (κ1) is 19.8.